The van der Waals surface area contributed by atoms with Crippen molar-refractivity contribution in [2.45, 2.75) is 57.8 Å². The van der Waals surface area contributed by atoms with E-state index in [1.54, 1.807) is 13.1 Å². The number of rotatable bonds is 10. The van der Waals surface area contributed by atoms with Crippen LogP contribution in [0, 0.1) is 5.82 Å². The van der Waals surface area contributed by atoms with E-state index in [1.807, 2.05) is 30.5 Å². The lowest BCUT2D eigenvalue weighted by molar-refractivity contribution is -0.118. The van der Waals surface area contributed by atoms with Gasteiger partial charge < -0.3 is 0 Å². The summed E-state index contributed by atoms with van der Waals surface area (Å²) in [5.41, 5.74) is 3.55. The van der Waals surface area contributed by atoms with Crippen LogP contribution in [-0.2, 0) is 41.7 Å². The maximum Gasteiger partial charge on any atom is 0.144 e. The smallest absolute Gasteiger partial charge is 0.144 e. The third-order valence-electron chi connectivity index (χ3n) is 5.43. The van der Waals surface area contributed by atoms with Crippen molar-refractivity contribution in [2.24, 2.45) is 0 Å². The Hall–Kier alpha value is -2.73. The van der Waals surface area contributed by atoms with Gasteiger partial charge in [-0.2, -0.15) is 0 Å². The summed E-state index contributed by atoms with van der Waals surface area (Å²) in [4.78, 5) is 33.5. The van der Waals surface area contributed by atoms with Gasteiger partial charge in [0.1, 0.15) is 22.4 Å². The Morgan fingerprint density at radius 2 is 1.90 bits per heavy atom. The normalized spacial score (nSPS) is 13.4. The third kappa shape index (κ3) is 6.14. The molecular weight excluding hydrogens is 411 g/mol. The van der Waals surface area contributed by atoms with Crippen molar-refractivity contribution in [3.63, 3.8) is 0 Å². The molecule has 1 aliphatic carbocycles. The minimum absolute atomic E-state index is 0.0178. The van der Waals surface area contributed by atoms with E-state index in [9.17, 15) is 14.0 Å². The molecule has 0 aliphatic heterocycles. The van der Waals surface area contributed by atoms with E-state index in [1.165, 1.54) is 17.4 Å². The van der Waals surface area contributed by atoms with Gasteiger partial charge in [0.25, 0.3) is 0 Å². The van der Waals surface area contributed by atoms with Crippen molar-refractivity contribution in [1.82, 2.24) is 9.97 Å². The second-order valence-electron chi connectivity index (χ2n) is 8.27. The summed E-state index contributed by atoms with van der Waals surface area (Å²) in [6.07, 6.45) is 8.19. The van der Waals surface area contributed by atoms with Gasteiger partial charge in [-0.3, -0.25) is 14.6 Å². The zero-order valence-electron chi connectivity index (χ0n) is 17.6. The minimum Gasteiger partial charge on any atom is -0.300 e. The molecule has 1 saturated carbocycles. The van der Waals surface area contributed by atoms with Crippen molar-refractivity contribution in [3.05, 3.63) is 80.8 Å². The molecule has 4 rings (SSSR count). The molecule has 0 spiro atoms. The molecule has 0 radical (unpaired) electrons. The summed E-state index contributed by atoms with van der Waals surface area (Å²) in [7, 11) is 0. The largest absolute Gasteiger partial charge is 0.300 e. The molecule has 1 aliphatic rings. The van der Waals surface area contributed by atoms with Crippen molar-refractivity contribution in [2.75, 3.05) is 0 Å². The molecule has 0 N–H and O–H groups in total. The number of ketones is 2. The predicted octanol–water partition coefficient (Wildman–Crippen LogP) is 4.83. The van der Waals surface area contributed by atoms with Crippen LogP contribution in [0.3, 0.4) is 0 Å². The van der Waals surface area contributed by atoms with E-state index >= 15 is 0 Å². The average Bonchev–Trinajstić information content (AvgIpc) is 3.48. The highest BCUT2D eigenvalue weighted by Gasteiger charge is 2.24. The van der Waals surface area contributed by atoms with Gasteiger partial charge in [-0.05, 0) is 73.4 Å². The number of Topliss-reactive ketones (excluding diaryl/α,β-unsaturated/α-hetero) is 2. The van der Waals surface area contributed by atoms with Gasteiger partial charge >= 0.3 is 0 Å². The second kappa shape index (κ2) is 9.60. The molecule has 2 aromatic heterocycles. The van der Waals surface area contributed by atoms with Crippen LogP contribution < -0.4 is 0 Å². The average molecular weight is 437 g/mol. The van der Waals surface area contributed by atoms with Crippen LogP contribution in [0.1, 0.15) is 58.0 Å². The Balaban J connectivity index is 1.31. The van der Waals surface area contributed by atoms with Crippen LogP contribution in [0.5, 0.6) is 0 Å². The predicted molar refractivity (Wildman–Crippen MR) is 119 cm³/mol. The number of aryl methyl sites for hydroxylation is 2. The molecule has 2 heterocycles. The van der Waals surface area contributed by atoms with Crippen molar-refractivity contribution in [1.29, 1.82) is 0 Å². The highest BCUT2D eigenvalue weighted by Crippen LogP contribution is 2.40. The third-order valence-corrected chi connectivity index (χ3v) is 6.48. The summed E-state index contributed by atoms with van der Waals surface area (Å²) in [6.45, 7) is 1.56. The summed E-state index contributed by atoms with van der Waals surface area (Å²) >= 11 is 1.53. The number of hydrogen-bond acceptors (Lipinski definition) is 5. The summed E-state index contributed by atoms with van der Waals surface area (Å²) < 4.78 is 14.1. The lowest BCUT2D eigenvalue weighted by Crippen LogP contribution is -2.08. The monoisotopic (exact) mass is 436 g/mol. The fourth-order valence-corrected chi connectivity index (χ4v) is 4.64. The molecule has 0 saturated heterocycles. The van der Waals surface area contributed by atoms with Crippen LogP contribution in [0.4, 0.5) is 4.39 Å². The van der Waals surface area contributed by atoms with Crippen LogP contribution in [0.2, 0.25) is 0 Å². The Labute approximate surface area is 185 Å². The number of carbonyl (C=O) groups is 2. The van der Waals surface area contributed by atoms with E-state index in [0.29, 0.717) is 17.9 Å². The SMILES string of the molecule is CC(=O)Cc1cc(CCc2cnc(CC(=O)Cc3cc(C4CC4)ccc3F)s2)ccn1. The van der Waals surface area contributed by atoms with Gasteiger partial charge in [0.2, 0.25) is 0 Å². The number of carbonyl (C=O) groups excluding carboxylic acids is 2. The van der Waals surface area contributed by atoms with Crippen LogP contribution >= 0.6 is 11.3 Å². The fourth-order valence-electron chi connectivity index (χ4n) is 3.69. The highest BCUT2D eigenvalue weighted by molar-refractivity contribution is 7.11. The van der Waals surface area contributed by atoms with Crippen LogP contribution in [0.25, 0.3) is 0 Å². The Kier molecular flexibility index (Phi) is 6.66. The van der Waals surface area contributed by atoms with E-state index < -0.39 is 0 Å². The molecule has 6 heteroatoms. The molecule has 3 aromatic rings. The van der Waals surface area contributed by atoms with Crippen molar-refractivity contribution < 1.29 is 14.0 Å². The molecule has 31 heavy (non-hydrogen) atoms. The minimum atomic E-state index is -0.306. The van der Waals surface area contributed by atoms with Crippen molar-refractivity contribution >= 4 is 22.9 Å². The van der Waals surface area contributed by atoms with Gasteiger partial charge in [0.15, 0.2) is 0 Å². The number of pyridine rings is 1. The number of halogens is 1. The molecule has 4 nitrogen and oxygen atoms in total. The zero-order valence-corrected chi connectivity index (χ0v) is 18.4. The van der Waals surface area contributed by atoms with Gasteiger partial charge in [-0.15, -0.1) is 11.3 Å². The number of thiazole rings is 1. The highest BCUT2D eigenvalue weighted by atomic mass is 32.1. The standard InChI is InChI=1S/C25H25FN2O2S/c1-16(29)10-21-11-17(8-9-27-21)2-6-23-15-28-25(31-23)14-22(30)13-20-12-19(18-3-4-18)5-7-24(20)26/h5,7-9,11-12,15,18H,2-4,6,10,13-14H2,1H3. The number of aromatic nitrogens is 2. The Bertz CT molecular complexity index is 1100. The maximum atomic E-state index is 14.1. The molecule has 0 unspecified atom stereocenters. The summed E-state index contributed by atoms with van der Waals surface area (Å²) in [6, 6.07) is 9.10. The first-order valence-corrected chi connectivity index (χ1v) is 11.4. The van der Waals surface area contributed by atoms with E-state index in [2.05, 4.69) is 9.97 Å². The molecule has 0 amide bonds. The van der Waals surface area contributed by atoms with Crippen molar-refractivity contribution in [3.8, 4) is 0 Å². The first kappa shape index (κ1) is 21.5. The summed E-state index contributed by atoms with van der Waals surface area (Å²) in [5.74, 6) is 0.310. The molecular formula is C25H25FN2O2S. The topological polar surface area (TPSA) is 59.9 Å². The molecule has 0 atom stereocenters. The van der Waals surface area contributed by atoms with E-state index in [-0.39, 0.29) is 30.2 Å². The molecule has 1 fully saturated rings. The van der Waals surface area contributed by atoms with E-state index in [4.69, 9.17) is 0 Å². The van der Waals surface area contributed by atoms with E-state index in [0.717, 1.165) is 52.4 Å². The second-order valence-corrected chi connectivity index (χ2v) is 9.47. The number of nitrogens with zero attached hydrogens (tertiary/aromatic N) is 2. The van der Waals surface area contributed by atoms with Gasteiger partial charge in [0, 0.05) is 35.8 Å². The number of benzene rings is 1. The fraction of sp³-hybridized carbons (Fsp3) is 0.360. The zero-order chi connectivity index (χ0) is 21.8. The Morgan fingerprint density at radius 3 is 2.68 bits per heavy atom. The maximum absolute atomic E-state index is 14.1. The van der Waals surface area contributed by atoms with Crippen LogP contribution in [-0.4, -0.2) is 21.5 Å². The summed E-state index contributed by atoms with van der Waals surface area (Å²) in [5, 5.41) is 0.769. The molecule has 160 valence electrons. The van der Waals surface area contributed by atoms with Crippen LogP contribution in [0.15, 0.2) is 42.7 Å². The van der Waals surface area contributed by atoms with Gasteiger partial charge in [-0.25, -0.2) is 9.37 Å². The first-order valence-electron chi connectivity index (χ1n) is 10.6. The molecule has 0 bridgehead atoms. The quantitative estimate of drug-likeness (QED) is 0.457. The Morgan fingerprint density at radius 1 is 1.06 bits per heavy atom. The molecule has 1 aromatic carbocycles. The van der Waals surface area contributed by atoms with Gasteiger partial charge in [0.05, 0.1) is 6.42 Å². The lowest BCUT2D eigenvalue weighted by Gasteiger charge is -2.05. The first-order chi connectivity index (χ1) is 15.0. The lowest BCUT2D eigenvalue weighted by atomic mass is 10.0. The number of hydrogen-bond donors (Lipinski definition) is 0. The van der Waals surface area contributed by atoms with Gasteiger partial charge in [-0.1, -0.05) is 12.1 Å².